The molecule has 1 N–H and O–H groups in total. The Bertz CT molecular complexity index is 695. The molecule has 0 saturated heterocycles. The molecule has 0 aliphatic rings. The van der Waals surface area contributed by atoms with Gasteiger partial charge in [-0.2, -0.15) is 0 Å². The van der Waals surface area contributed by atoms with Gasteiger partial charge in [0.15, 0.2) is 0 Å². The van der Waals surface area contributed by atoms with Gasteiger partial charge in [0.25, 0.3) is 0 Å². The molecule has 4 heteroatoms. The molecule has 0 fully saturated rings. The number of carboxylic acids is 1. The highest BCUT2D eigenvalue weighted by Crippen LogP contribution is 2.19. The van der Waals surface area contributed by atoms with Crippen molar-refractivity contribution in [2.75, 3.05) is 0 Å². The molecule has 0 aliphatic heterocycles. The van der Waals surface area contributed by atoms with Gasteiger partial charge in [-0.3, -0.25) is 9.59 Å². The zero-order valence-electron chi connectivity index (χ0n) is 13.0. The van der Waals surface area contributed by atoms with Gasteiger partial charge in [0.2, 0.25) is 0 Å². The lowest BCUT2D eigenvalue weighted by Crippen LogP contribution is -2.21. The molecule has 0 radical (unpaired) electrons. The van der Waals surface area contributed by atoms with E-state index < -0.39 is 11.9 Å². The number of hydrogen-bond acceptors (Lipinski definition) is 2. The van der Waals surface area contributed by atoms with Gasteiger partial charge in [-0.05, 0) is 42.2 Å². The number of aliphatic carboxylic acids is 1. The van der Waals surface area contributed by atoms with Gasteiger partial charge in [0, 0.05) is 17.3 Å². The Labute approximate surface area is 144 Å². The fourth-order valence-corrected chi connectivity index (χ4v) is 3.04. The number of carboxylic acid groups (broad SMARTS) is 1. The quantitative estimate of drug-likeness (QED) is 0.789. The number of Topliss-reactive ketones (excluding diaryl/α,β-unsaturated/α-hetero) is 1. The van der Waals surface area contributed by atoms with Crippen LogP contribution in [0.5, 0.6) is 0 Å². The summed E-state index contributed by atoms with van der Waals surface area (Å²) in [5, 5.41) is 9.38. The molecular formula is C19H19BrO3. The average Bonchev–Trinajstić information content (AvgIpc) is 2.50. The summed E-state index contributed by atoms with van der Waals surface area (Å²) in [6.45, 7) is 1.95. The number of carbonyl (C=O) groups excluding carboxylic acids is 1. The SMILES string of the molecule is Cc1cc(Br)ccc1CC(=O)C[C@@H](Cc1ccccc1)C(=O)O. The minimum atomic E-state index is -0.922. The first-order chi connectivity index (χ1) is 11.0. The maximum Gasteiger partial charge on any atom is 0.307 e. The Morgan fingerprint density at radius 1 is 1.13 bits per heavy atom. The molecule has 3 nitrogen and oxygen atoms in total. The van der Waals surface area contributed by atoms with Crippen LogP contribution in [0.15, 0.2) is 53.0 Å². The highest BCUT2D eigenvalue weighted by Gasteiger charge is 2.22. The van der Waals surface area contributed by atoms with Crippen molar-refractivity contribution in [2.45, 2.75) is 26.2 Å². The van der Waals surface area contributed by atoms with Gasteiger partial charge in [-0.25, -0.2) is 0 Å². The highest BCUT2D eigenvalue weighted by atomic mass is 79.9. The van der Waals surface area contributed by atoms with E-state index in [1.807, 2.05) is 55.5 Å². The fourth-order valence-electron chi connectivity index (χ4n) is 2.56. The van der Waals surface area contributed by atoms with Crippen LogP contribution in [0, 0.1) is 12.8 Å². The summed E-state index contributed by atoms with van der Waals surface area (Å²) in [6.07, 6.45) is 0.707. The van der Waals surface area contributed by atoms with Gasteiger partial charge < -0.3 is 5.11 Å². The molecule has 2 rings (SSSR count). The van der Waals surface area contributed by atoms with Crippen molar-refractivity contribution in [1.82, 2.24) is 0 Å². The van der Waals surface area contributed by atoms with E-state index in [1.165, 1.54) is 0 Å². The van der Waals surface area contributed by atoms with Crippen molar-refractivity contribution >= 4 is 27.7 Å². The predicted octanol–water partition coefficient (Wildman–Crippen LogP) is 4.20. The molecule has 1 atom stereocenters. The molecular weight excluding hydrogens is 356 g/mol. The van der Waals surface area contributed by atoms with Crippen LogP contribution < -0.4 is 0 Å². The summed E-state index contributed by atoms with van der Waals surface area (Å²) in [5.74, 6) is -1.64. The molecule has 2 aromatic rings. The molecule has 0 bridgehead atoms. The third-order valence-electron chi connectivity index (χ3n) is 3.84. The molecule has 120 valence electrons. The summed E-state index contributed by atoms with van der Waals surface area (Å²) >= 11 is 3.40. The van der Waals surface area contributed by atoms with E-state index in [2.05, 4.69) is 15.9 Å². The number of halogens is 1. The van der Waals surface area contributed by atoms with Crippen LogP contribution in [0.3, 0.4) is 0 Å². The number of aryl methyl sites for hydroxylation is 1. The summed E-state index contributed by atoms with van der Waals surface area (Å²) in [4.78, 5) is 23.7. The van der Waals surface area contributed by atoms with Crippen molar-refractivity contribution in [3.05, 3.63) is 69.7 Å². The molecule has 0 aliphatic carbocycles. The molecule has 2 aromatic carbocycles. The van der Waals surface area contributed by atoms with Gasteiger partial charge in [0.1, 0.15) is 5.78 Å². The van der Waals surface area contributed by atoms with E-state index in [1.54, 1.807) is 0 Å². The number of benzene rings is 2. The van der Waals surface area contributed by atoms with E-state index in [4.69, 9.17) is 0 Å². The fraction of sp³-hybridized carbons (Fsp3) is 0.263. The Hall–Kier alpha value is -1.94. The van der Waals surface area contributed by atoms with Crippen LogP contribution in [0.25, 0.3) is 0 Å². The van der Waals surface area contributed by atoms with Gasteiger partial charge in [-0.15, -0.1) is 0 Å². The molecule has 0 amide bonds. The monoisotopic (exact) mass is 374 g/mol. The molecule has 0 unspecified atom stereocenters. The maximum absolute atomic E-state index is 12.3. The Balaban J connectivity index is 2.02. The molecule has 23 heavy (non-hydrogen) atoms. The van der Waals surface area contributed by atoms with Crippen molar-refractivity contribution in [1.29, 1.82) is 0 Å². The lowest BCUT2D eigenvalue weighted by atomic mass is 9.92. The summed E-state index contributed by atoms with van der Waals surface area (Å²) in [7, 11) is 0. The van der Waals surface area contributed by atoms with E-state index in [-0.39, 0.29) is 18.6 Å². The minimum absolute atomic E-state index is 0.0428. The first-order valence-electron chi connectivity index (χ1n) is 7.49. The second-order valence-electron chi connectivity index (χ2n) is 5.72. The van der Waals surface area contributed by atoms with Crippen LogP contribution in [-0.2, 0) is 22.4 Å². The zero-order chi connectivity index (χ0) is 16.8. The summed E-state index contributed by atoms with van der Waals surface area (Å²) in [5.41, 5.74) is 2.91. The van der Waals surface area contributed by atoms with E-state index in [0.29, 0.717) is 6.42 Å². The third-order valence-corrected chi connectivity index (χ3v) is 4.33. The Kier molecular flexibility index (Phi) is 6.11. The average molecular weight is 375 g/mol. The molecule has 0 saturated carbocycles. The highest BCUT2D eigenvalue weighted by molar-refractivity contribution is 9.10. The molecule has 0 aromatic heterocycles. The van der Waals surface area contributed by atoms with Crippen LogP contribution in [-0.4, -0.2) is 16.9 Å². The predicted molar refractivity (Wildman–Crippen MR) is 93.5 cm³/mol. The number of hydrogen-bond donors (Lipinski definition) is 1. The lowest BCUT2D eigenvalue weighted by molar-refractivity contribution is -0.143. The number of carbonyl (C=O) groups is 2. The van der Waals surface area contributed by atoms with Crippen LogP contribution >= 0.6 is 15.9 Å². The van der Waals surface area contributed by atoms with E-state index >= 15 is 0 Å². The zero-order valence-corrected chi connectivity index (χ0v) is 14.5. The van der Waals surface area contributed by atoms with Crippen LogP contribution in [0.4, 0.5) is 0 Å². The maximum atomic E-state index is 12.3. The number of ketones is 1. The smallest absolute Gasteiger partial charge is 0.307 e. The van der Waals surface area contributed by atoms with Crippen molar-refractivity contribution in [2.24, 2.45) is 5.92 Å². The number of rotatable bonds is 7. The van der Waals surface area contributed by atoms with Crippen molar-refractivity contribution in [3.8, 4) is 0 Å². The topological polar surface area (TPSA) is 54.4 Å². The van der Waals surface area contributed by atoms with Crippen molar-refractivity contribution < 1.29 is 14.7 Å². The standard InChI is InChI=1S/C19H19BrO3/c1-13-9-17(20)8-7-15(13)11-18(21)12-16(19(22)23)10-14-5-3-2-4-6-14/h2-9,16H,10-12H2,1H3,(H,22,23)/t16-/m1/s1. The van der Waals surface area contributed by atoms with Crippen LogP contribution in [0.2, 0.25) is 0 Å². The third kappa shape index (κ3) is 5.32. The first kappa shape index (κ1) is 17.4. The van der Waals surface area contributed by atoms with E-state index in [9.17, 15) is 14.7 Å². The normalized spacial score (nSPS) is 11.9. The summed E-state index contributed by atoms with van der Waals surface area (Å²) in [6, 6.07) is 15.2. The lowest BCUT2D eigenvalue weighted by Gasteiger charge is -2.12. The largest absolute Gasteiger partial charge is 0.481 e. The minimum Gasteiger partial charge on any atom is -0.481 e. The van der Waals surface area contributed by atoms with E-state index in [0.717, 1.165) is 21.2 Å². The van der Waals surface area contributed by atoms with Gasteiger partial charge in [0.05, 0.1) is 5.92 Å². The van der Waals surface area contributed by atoms with Crippen molar-refractivity contribution in [3.63, 3.8) is 0 Å². The first-order valence-corrected chi connectivity index (χ1v) is 8.28. The van der Waals surface area contributed by atoms with Crippen LogP contribution in [0.1, 0.15) is 23.1 Å². The summed E-state index contributed by atoms with van der Waals surface area (Å²) < 4.78 is 0.971. The van der Waals surface area contributed by atoms with Gasteiger partial charge >= 0.3 is 5.97 Å². The Morgan fingerprint density at radius 2 is 1.83 bits per heavy atom. The second-order valence-corrected chi connectivity index (χ2v) is 6.63. The second kappa shape index (κ2) is 8.06. The molecule has 0 heterocycles. The molecule has 0 spiro atoms. The van der Waals surface area contributed by atoms with Gasteiger partial charge in [-0.1, -0.05) is 52.3 Å². The Morgan fingerprint density at radius 3 is 2.43 bits per heavy atom.